The number of nitrogens with zero attached hydrogens (tertiary/aromatic N) is 1. The SMILES string of the molecule is O=C(/C=C/c1cccs1)Nc1sccc1-c1nc2ccccc2s1. The lowest BCUT2D eigenvalue weighted by atomic mass is 10.3. The molecule has 0 fully saturated rings. The fourth-order valence-electron chi connectivity index (χ4n) is 2.26. The average Bonchev–Trinajstić information content (AvgIpc) is 3.32. The second kappa shape index (κ2) is 6.68. The van der Waals surface area contributed by atoms with Crippen LogP contribution in [-0.2, 0) is 4.79 Å². The summed E-state index contributed by atoms with van der Waals surface area (Å²) in [4.78, 5) is 17.9. The molecule has 118 valence electrons. The third-order valence-corrected chi connectivity index (χ3v) is 6.11. The Balaban J connectivity index is 1.57. The van der Waals surface area contributed by atoms with E-state index in [1.54, 1.807) is 28.7 Å². The number of fused-ring (bicyclic) bond motifs is 1. The summed E-state index contributed by atoms with van der Waals surface area (Å²) in [5, 5.41) is 8.67. The first-order valence-electron chi connectivity index (χ1n) is 7.25. The normalized spacial score (nSPS) is 11.3. The van der Waals surface area contributed by atoms with Crippen molar-refractivity contribution in [3.63, 3.8) is 0 Å². The number of rotatable bonds is 4. The Hall–Kier alpha value is -2.28. The first-order chi connectivity index (χ1) is 11.8. The number of carbonyl (C=O) groups is 1. The highest BCUT2D eigenvalue weighted by molar-refractivity contribution is 7.22. The van der Waals surface area contributed by atoms with Crippen molar-refractivity contribution in [2.24, 2.45) is 0 Å². The van der Waals surface area contributed by atoms with E-state index in [9.17, 15) is 4.79 Å². The number of hydrogen-bond acceptors (Lipinski definition) is 5. The molecule has 4 aromatic rings. The summed E-state index contributed by atoms with van der Waals surface area (Å²) < 4.78 is 1.15. The molecule has 0 unspecified atom stereocenters. The molecule has 0 spiro atoms. The monoisotopic (exact) mass is 368 g/mol. The molecule has 0 aliphatic rings. The zero-order valence-electron chi connectivity index (χ0n) is 12.4. The van der Waals surface area contributed by atoms with Gasteiger partial charge in [0.25, 0.3) is 0 Å². The van der Waals surface area contributed by atoms with Crippen molar-refractivity contribution in [3.8, 4) is 10.6 Å². The van der Waals surface area contributed by atoms with Crippen molar-refractivity contribution in [3.05, 3.63) is 64.2 Å². The minimum Gasteiger partial charge on any atom is -0.314 e. The average molecular weight is 369 g/mol. The first-order valence-corrected chi connectivity index (χ1v) is 9.83. The Labute approximate surface area is 150 Å². The molecule has 3 heterocycles. The minimum atomic E-state index is -0.131. The van der Waals surface area contributed by atoms with E-state index in [4.69, 9.17) is 0 Å². The molecule has 3 aromatic heterocycles. The smallest absolute Gasteiger partial charge is 0.249 e. The number of amides is 1. The van der Waals surface area contributed by atoms with Gasteiger partial charge in [-0.1, -0.05) is 18.2 Å². The lowest BCUT2D eigenvalue weighted by Gasteiger charge is -2.01. The van der Waals surface area contributed by atoms with Crippen LogP contribution in [0, 0.1) is 0 Å². The number of carbonyl (C=O) groups excluding carboxylic acids is 1. The van der Waals surface area contributed by atoms with Gasteiger partial charge in [-0.2, -0.15) is 0 Å². The van der Waals surface area contributed by atoms with Crippen LogP contribution in [0.25, 0.3) is 26.9 Å². The van der Waals surface area contributed by atoms with E-state index in [-0.39, 0.29) is 5.91 Å². The summed E-state index contributed by atoms with van der Waals surface area (Å²) in [6.07, 6.45) is 3.39. The summed E-state index contributed by atoms with van der Waals surface area (Å²) in [5.41, 5.74) is 1.96. The van der Waals surface area contributed by atoms with Crippen LogP contribution in [0.3, 0.4) is 0 Å². The Morgan fingerprint density at radius 1 is 1.04 bits per heavy atom. The van der Waals surface area contributed by atoms with Gasteiger partial charge in [0.2, 0.25) is 5.91 Å². The second-order valence-corrected chi connectivity index (χ2v) is 7.91. The van der Waals surface area contributed by atoms with E-state index in [0.29, 0.717) is 0 Å². The number of para-hydroxylation sites is 1. The minimum absolute atomic E-state index is 0.131. The molecule has 1 aromatic carbocycles. The van der Waals surface area contributed by atoms with Crippen LogP contribution in [-0.4, -0.2) is 10.9 Å². The maximum Gasteiger partial charge on any atom is 0.249 e. The molecule has 4 rings (SSSR count). The summed E-state index contributed by atoms with van der Waals surface area (Å²) in [5.74, 6) is -0.131. The highest BCUT2D eigenvalue weighted by atomic mass is 32.1. The van der Waals surface area contributed by atoms with Crippen LogP contribution in [0.2, 0.25) is 0 Å². The van der Waals surface area contributed by atoms with E-state index < -0.39 is 0 Å². The van der Waals surface area contributed by atoms with Gasteiger partial charge in [0.05, 0.1) is 10.2 Å². The molecular formula is C18H12N2OS3. The predicted molar refractivity (Wildman–Crippen MR) is 105 cm³/mol. The predicted octanol–water partition coefficient (Wildman–Crippen LogP) is 5.74. The zero-order chi connectivity index (χ0) is 16.4. The third kappa shape index (κ3) is 3.17. The van der Waals surface area contributed by atoms with Crippen molar-refractivity contribution in [2.45, 2.75) is 0 Å². The molecule has 0 radical (unpaired) electrons. The van der Waals surface area contributed by atoms with Gasteiger partial charge in [-0.25, -0.2) is 4.98 Å². The fourth-order valence-corrected chi connectivity index (χ4v) is 4.73. The Morgan fingerprint density at radius 3 is 2.79 bits per heavy atom. The van der Waals surface area contributed by atoms with Crippen molar-refractivity contribution in [2.75, 3.05) is 5.32 Å². The summed E-state index contributed by atoms with van der Waals surface area (Å²) in [6, 6.07) is 14.0. The molecule has 0 atom stereocenters. The molecule has 1 amide bonds. The Kier molecular flexibility index (Phi) is 4.25. The lowest BCUT2D eigenvalue weighted by molar-refractivity contribution is -0.111. The van der Waals surface area contributed by atoms with Gasteiger partial charge in [-0.3, -0.25) is 4.79 Å². The number of thiophene rings is 2. The van der Waals surface area contributed by atoms with Crippen LogP contribution >= 0.6 is 34.0 Å². The number of thiazole rings is 1. The maximum atomic E-state index is 12.2. The van der Waals surface area contributed by atoms with E-state index in [2.05, 4.69) is 16.4 Å². The lowest BCUT2D eigenvalue weighted by Crippen LogP contribution is -2.06. The van der Waals surface area contributed by atoms with E-state index >= 15 is 0 Å². The van der Waals surface area contributed by atoms with Crippen LogP contribution in [0.4, 0.5) is 5.00 Å². The number of anilines is 1. The van der Waals surface area contributed by atoms with E-state index in [1.807, 2.05) is 53.2 Å². The molecule has 0 saturated heterocycles. The van der Waals surface area contributed by atoms with Gasteiger partial charge in [0, 0.05) is 16.5 Å². The van der Waals surface area contributed by atoms with Crippen molar-refractivity contribution in [1.82, 2.24) is 4.98 Å². The molecule has 0 aliphatic heterocycles. The van der Waals surface area contributed by atoms with Gasteiger partial charge in [0.15, 0.2) is 0 Å². The molecule has 24 heavy (non-hydrogen) atoms. The second-order valence-electron chi connectivity index (χ2n) is 4.99. The molecule has 0 bridgehead atoms. The number of benzene rings is 1. The number of aromatic nitrogens is 1. The number of nitrogens with one attached hydrogen (secondary N) is 1. The molecule has 3 nitrogen and oxygen atoms in total. The van der Waals surface area contributed by atoms with Crippen LogP contribution < -0.4 is 5.32 Å². The molecule has 0 saturated carbocycles. The quantitative estimate of drug-likeness (QED) is 0.467. The Morgan fingerprint density at radius 2 is 1.96 bits per heavy atom. The third-order valence-electron chi connectivity index (χ3n) is 3.37. The van der Waals surface area contributed by atoms with Gasteiger partial charge < -0.3 is 5.32 Å². The molecular weight excluding hydrogens is 356 g/mol. The first kappa shape index (κ1) is 15.3. The Bertz CT molecular complexity index is 979. The topological polar surface area (TPSA) is 42.0 Å². The van der Waals surface area contributed by atoms with Crippen LogP contribution in [0.15, 0.2) is 59.3 Å². The molecule has 0 aliphatic carbocycles. The van der Waals surface area contributed by atoms with Gasteiger partial charge in [-0.15, -0.1) is 34.0 Å². The largest absolute Gasteiger partial charge is 0.314 e. The van der Waals surface area contributed by atoms with Crippen molar-refractivity contribution >= 4 is 61.2 Å². The van der Waals surface area contributed by atoms with Crippen LogP contribution in [0.5, 0.6) is 0 Å². The fraction of sp³-hybridized carbons (Fsp3) is 0. The molecule has 1 N–H and O–H groups in total. The van der Waals surface area contributed by atoms with E-state index in [1.165, 1.54) is 11.3 Å². The van der Waals surface area contributed by atoms with Crippen molar-refractivity contribution < 1.29 is 4.79 Å². The van der Waals surface area contributed by atoms with Crippen LogP contribution in [0.1, 0.15) is 4.88 Å². The van der Waals surface area contributed by atoms with Gasteiger partial charge >= 0.3 is 0 Å². The van der Waals surface area contributed by atoms with Gasteiger partial charge in [-0.05, 0) is 41.1 Å². The van der Waals surface area contributed by atoms with Crippen molar-refractivity contribution in [1.29, 1.82) is 0 Å². The highest BCUT2D eigenvalue weighted by Crippen LogP contribution is 2.37. The summed E-state index contributed by atoms with van der Waals surface area (Å²) in [7, 11) is 0. The summed E-state index contributed by atoms with van der Waals surface area (Å²) >= 11 is 4.75. The van der Waals surface area contributed by atoms with Gasteiger partial charge in [0.1, 0.15) is 10.0 Å². The summed E-state index contributed by atoms with van der Waals surface area (Å²) in [6.45, 7) is 0. The maximum absolute atomic E-state index is 12.2. The standard InChI is InChI=1S/C18H12N2OS3/c21-16(8-7-12-4-3-10-22-12)20-17-13(9-11-23-17)18-19-14-5-1-2-6-15(14)24-18/h1-11H,(H,20,21)/b8-7+. The molecule has 6 heteroatoms. The van der Waals surface area contributed by atoms with E-state index in [0.717, 1.165) is 30.7 Å². The highest BCUT2D eigenvalue weighted by Gasteiger charge is 2.13. The zero-order valence-corrected chi connectivity index (χ0v) is 14.9. The number of hydrogen-bond donors (Lipinski definition) is 1.